The lowest BCUT2D eigenvalue weighted by Gasteiger charge is -1.91. The van der Waals surface area contributed by atoms with Gasteiger partial charge in [0.2, 0.25) is 0 Å². The van der Waals surface area contributed by atoms with E-state index in [1.165, 1.54) is 12.2 Å². The second-order valence-corrected chi connectivity index (χ2v) is 1.45. The molecule has 0 saturated carbocycles. The minimum atomic E-state index is 0.367. The van der Waals surface area contributed by atoms with Crippen LogP contribution in [0.1, 0.15) is 0 Å². The quantitative estimate of drug-likeness (QED) is 0.361. The van der Waals surface area contributed by atoms with Crippen LogP contribution in [0.4, 0.5) is 0 Å². The first-order valence-electron chi connectivity index (χ1n) is 2.83. The first kappa shape index (κ1) is 8.73. The fourth-order valence-electron chi connectivity index (χ4n) is 0.348. The summed E-state index contributed by atoms with van der Waals surface area (Å²) >= 11 is 0. The van der Waals surface area contributed by atoms with Gasteiger partial charge in [-0.15, -0.1) is 0 Å². The van der Waals surface area contributed by atoms with Gasteiger partial charge < -0.3 is 9.84 Å². The highest BCUT2D eigenvalue weighted by Gasteiger charge is 1.76. The lowest BCUT2D eigenvalue weighted by Crippen LogP contribution is -1.89. The van der Waals surface area contributed by atoms with E-state index in [2.05, 4.69) is 0 Å². The van der Waals surface area contributed by atoms with Crippen LogP contribution in [-0.2, 0) is 4.74 Å². The van der Waals surface area contributed by atoms with Crippen molar-refractivity contribution in [2.45, 2.75) is 0 Å². The van der Waals surface area contributed by atoms with E-state index in [1.807, 2.05) is 6.07 Å². The molecule has 0 amide bonds. The maximum atomic E-state index is 8.14. The molecule has 0 unspecified atom stereocenters. The van der Waals surface area contributed by atoms with Crippen molar-refractivity contribution >= 4 is 0 Å². The predicted molar refractivity (Wildman–Crippen MR) is 37.3 cm³/mol. The van der Waals surface area contributed by atoms with Gasteiger partial charge >= 0.3 is 0 Å². The summed E-state index contributed by atoms with van der Waals surface area (Å²) in [5.74, 6) is 0. The molecule has 0 fully saturated rings. The third kappa shape index (κ3) is 6.73. The molecule has 0 aromatic carbocycles. The molecule has 0 rings (SSSR count). The van der Waals surface area contributed by atoms with Gasteiger partial charge in [0, 0.05) is 6.08 Å². The highest BCUT2D eigenvalue weighted by Crippen LogP contribution is 1.77. The molecule has 0 aliphatic heterocycles. The van der Waals surface area contributed by atoms with Crippen molar-refractivity contribution in [3.63, 3.8) is 0 Å². The molecule has 0 atom stereocenters. The van der Waals surface area contributed by atoms with Crippen molar-refractivity contribution < 1.29 is 9.84 Å². The van der Waals surface area contributed by atoms with Crippen LogP contribution in [-0.4, -0.2) is 18.3 Å². The maximum absolute atomic E-state index is 8.14. The molecule has 1 N–H and O–H groups in total. The monoisotopic (exact) mass is 139 g/mol. The summed E-state index contributed by atoms with van der Waals surface area (Å²) in [5.41, 5.74) is 0. The van der Waals surface area contributed by atoms with Crippen LogP contribution in [0.3, 0.4) is 0 Å². The first-order chi connectivity index (χ1) is 4.91. The maximum Gasteiger partial charge on any atom is 0.0909 e. The molecule has 0 spiro atoms. The molecule has 54 valence electrons. The van der Waals surface area contributed by atoms with Gasteiger partial charge in [0.15, 0.2) is 0 Å². The third-order valence-corrected chi connectivity index (χ3v) is 0.726. The summed E-state index contributed by atoms with van der Waals surface area (Å²) in [7, 11) is 0. The standard InChI is InChI=1S/C7H9NO2/c8-4-1-2-6-10-7-3-5-9/h1-3,5,9H,6-7H2. The van der Waals surface area contributed by atoms with Crippen molar-refractivity contribution in [3.8, 4) is 6.07 Å². The van der Waals surface area contributed by atoms with E-state index < -0.39 is 0 Å². The Balaban J connectivity index is 3.07. The lowest BCUT2D eigenvalue weighted by molar-refractivity contribution is 0.192. The number of aliphatic hydroxyl groups is 1. The Bertz CT molecular complexity index is 155. The second-order valence-electron chi connectivity index (χ2n) is 1.45. The van der Waals surface area contributed by atoms with Crippen LogP contribution in [0.25, 0.3) is 0 Å². The van der Waals surface area contributed by atoms with E-state index >= 15 is 0 Å². The van der Waals surface area contributed by atoms with Crippen molar-refractivity contribution in [2.24, 2.45) is 0 Å². The molecule has 0 saturated heterocycles. The van der Waals surface area contributed by atoms with E-state index in [4.69, 9.17) is 15.1 Å². The summed E-state index contributed by atoms with van der Waals surface area (Å²) in [4.78, 5) is 0. The molecule has 0 heterocycles. The number of allylic oxidation sites excluding steroid dienone is 1. The van der Waals surface area contributed by atoms with Crippen molar-refractivity contribution in [2.75, 3.05) is 13.2 Å². The highest BCUT2D eigenvalue weighted by molar-refractivity contribution is 5.01. The summed E-state index contributed by atoms with van der Waals surface area (Å²) in [5, 5.41) is 16.2. The van der Waals surface area contributed by atoms with Crippen LogP contribution in [0, 0.1) is 11.3 Å². The zero-order chi connectivity index (χ0) is 7.66. The van der Waals surface area contributed by atoms with Crippen molar-refractivity contribution in [1.82, 2.24) is 0 Å². The number of aliphatic hydroxyl groups excluding tert-OH is 1. The van der Waals surface area contributed by atoms with E-state index in [1.54, 1.807) is 6.08 Å². The molecule has 0 aliphatic rings. The van der Waals surface area contributed by atoms with Crippen molar-refractivity contribution in [3.05, 3.63) is 24.5 Å². The van der Waals surface area contributed by atoms with Gasteiger partial charge in [0.1, 0.15) is 0 Å². The van der Waals surface area contributed by atoms with E-state index in [0.29, 0.717) is 13.2 Å². The average Bonchev–Trinajstić information content (AvgIpc) is 1.97. The smallest absolute Gasteiger partial charge is 0.0909 e. The van der Waals surface area contributed by atoms with Crippen molar-refractivity contribution in [1.29, 1.82) is 5.26 Å². The Morgan fingerprint density at radius 2 is 2.10 bits per heavy atom. The highest BCUT2D eigenvalue weighted by atomic mass is 16.5. The number of ether oxygens (including phenoxy) is 1. The van der Waals surface area contributed by atoms with Gasteiger partial charge in [0.05, 0.1) is 25.5 Å². The number of hydrogen-bond donors (Lipinski definition) is 1. The summed E-state index contributed by atoms with van der Waals surface area (Å²) in [6, 6.07) is 1.83. The van der Waals surface area contributed by atoms with Gasteiger partial charge in [-0.1, -0.05) is 0 Å². The summed E-state index contributed by atoms with van der Waals surface area (Å²) in [6.45, 7) is 0.768. The molecule has 3 nitrogen and oxygen atoms in total. The molecule has 0 aliphatic carbocycles. The number of hydrogen-bond acceptors (Lipinski definition) is 3. The Hall–Kier alpha value is -1.27. The van der Waals surface area contributed by atoms with Crippen LogP contribution in [0.2, 0.25) is 0 Å². The van der Waals surface area contributed by atoms with E-state index in [0.717, 1.165) is 6.26 Å². The minimum Gasteiger partial charge on any atom is -0.516 e. The Morgan fingerprint density at radius 1 is 1.40 bits per heavy atom. The normalized spacial score (nSPS) is 10.7. The van der Waals surface area contributed by atoms with Gasteiger partial charge in [-0.05, 0) is 12.2 Å². The summed E-state index contributed by atoms with van der Waals surface area (Å²) < 4.78 is 4.89. The van der Waals surface area contributed by atoms with E-state index in [9.17, 15) is 0 Å². The number of rotatable bonds is 4. The van der Waals surface area contributed by atoms with Gasteiger partial charge in [-0.2, -0.15) is 5.26 Å². The van der Waals surface area contributed by atoms with Crippen LogP contribution in [0.5, 0.6) is 0 Å². The molecule has 10 heavy (non-hydrogen) atoms. The third-order valence-electron chi connectivity index (χ3n) is 0.726. The number of nitriles is 1. The minimum absolute atomic E-state index is 0.367. The molecule has 0 aromatic rings. The Morgan fingerprint density at radius 3 is 2.70 bits per heavy atom. The zero-order valence-corrected chi connectivity index (χ0v) is 5.53. The molecular formula is C7H9NO2. The predicted octanol–water partition coefficient (Wildman–Crippen LogP) is 1.15. The van der Waals surface area contributed by atoms with Crippen LogP contribution < -0.4 is 0 Å². The first-order valence-corrected chi connectivity index (χ1v) is 2.83. The number of nitrogens with zero attached hydrogens (tertiary/aromatic N) is 1. The van der Waals surface area contributed by atoms with Gasteiger partial charge in [-0.3, -0.25) is 0 Å². The van der Waals surface area contributed by atoms with E-state index in [-0.39, 0.29) is 0 Å². The zero-order valence-electron chi connectivity index (χ0n) is 5.53. The fourth-order valence-corrected chi connectivity index (χ4v) is 0.348. The molecule has 3 heteroatoms. The van der Waals surface area contributed by atoms with Gasteiger partial charge in [-0.25, -0.2) is 0 Å². The Kier molecular flexibility index (Phi) is 6.75. The molecule has 0 bridgehead atoms. The topological polar surface area (TPSA) is 53.2 Å². The fraction of sp³-hybridized carbons (Fsp3) is 0.286. The SMILES string of the molecule is N#CC=CCOCC=CO. The van der Waals surface area contributed by atoms with Crippen LogP contribution >= 0.6 is 0 Å². The lowest BCUT2D eigenvalue weighted by atomic mass is 10.5. The largest absolute Gasteiger partial charge is 0.516 e. The second kappa shape index (κ2) is 7.73. The van der Waals surface area contributed by atoms with Crippen LogP contribution in [0.15, 0.2) is 24.5 Å². The molecule has 0 aromatic heterocycles. The Labute approximate surface area is 59.9 Å². The average molecular weight is 139 g/mol. The molecule has 0 radical (unpaired) electrons. The molecular weight excluding hydrogens is 130 g/mol. The van der Waals surface area contributed by atoms with Gasteiger partial charge in [0.25, 0.3) is 0 Å². The summed E-state index contributed by atoms with van der Waals surface area (Å²) in [6.07, 6.45) is 5.35.